The maximum Gasteiger partial charge on any atom is 0.263 e. The van der Waals surface area contributed by atoms with Gasteiger partial charge in [0.25, 0.3) is 10.0 Å². The van der Waals surface area contributed by atoms with Gasteiger partial charge in [0, 0.05) is 23.3 Å². The fourth-order valence-corrected chi connectivity index (χ4v) is 4.87. The minimum Gasteiger partial charge on any atom is -0.497 e. The second-order valence-electron chi connectivity index (χ2n) is 8.24. The average Bonchev–Trinajstić information content (AvgIpc) is 2.92. The third kappa shape index (κ3) is 5.25. The first kappa shape index (κ1) is 24.7. The second-order valence-corrected chi connectivity index (χ2v) is 9.92. The van der Waals surface area contributed by atoms with Crippen LogP contribution in [0.3, 0.4) is 0 Å². The molecule has 192 valence electrons. The van der Waals surface area contributed by atoms with Crippen LogP contribution in [0.5, 0.6) is 5.75 Å². The summed E-state index contributed by atoms with van der Waals surface area (Å²) in [5.41, 5.74) is 7.87. The molecule has 12 heteroatoms. The SMILES string of the molecule is COc1cc(Nc2nc3ccccc3nc2NS(=O)(=O)c2cccc(NCC(N)=O)c2)c2ncccc2c1. The molecule has 0 aliphatic rings. The molecular formula is C26H23N7O4S. The molecule has 0 radical (unpaired) electrons. The van der Waals surface area contributed by atoms with Crippen molar-refractivity contribution in [3.8, 4) is 5.75 Å². The molecule has 5 N–H and O–H groups in total. The van der Waals surface area contributed by atoms with Crippen molar-refractivity contribution in [1.29, 1.82) is 0 Å². The van der Waals surface area contributed by atoms with E-state index in [1.807, 2.05) is 24.3 Å². The van der Waals surface area contributed by atoms with Crippen molar-refractivity contribution < 1.29 is 17.9 Å². The number of nitrogens with two attached hydrogens (primary N) is 1. The molecule has 0 saturated carbocycles. The predicted octanol–water partition coefficient (Wildman–Crippen LogP) is 3.63. The number of nitrogens with one attached hydrogen (secondary N) is 3. The van der Waals surface area contributed by atoms with Crippen molar-refractivity contribution in [2.75, 3.05) is 29.0 Å². The number of methoxy groups -OCH3 is 1. The lowest BCUT2D eigenvalue weighted by Gasteiger charge is -2.16. The summed E-state index contributed by atoms with van der Waals surface area (Å²) >= 11 is 0. The van der Waals surface area contributed by atoms with Gasteiger partial charge >= 0.3 is 0 Å². The first-order valence-corrected chi connectivity index (χ1v) is 12.9. The number of hydrogen-bond donors (Lipinski definition) is 4. The number of rotatable bonds is 9. The van der Waals surface area contributed by atoms with Crippen molar-refractivity contribution in [1.82, 2.24) is 15.0 Å². The van der Waals surface area contributed by atoms with Crippen LogP contribution < -0.4 is 25.8 Å². The number of fused-ring (bicyclic) bond motifs is 2. The zero-order chi connectivity index (χ0) is 26.7. The Hall–Kier alpha value is -4.97. The second kappa shape index (κ2) is 10.2. The zero-order valence-electron chi connectivity index (χ0n) is 20.2. The Morgan fingerprint density at radius 1 is 0.947 bits per heavy atom. The number of ether oxygens (including phenoxy) is 1. The lowest BCUT2D eigenvalue weighted by molar-refractivity contribution is -0.116. The van der Waals surface area contributed by atoms with E-state index in [2.05, 4.69) is 30.3 Å². The maximum atomic E-state index is 13.4. The normalized spacial score (nSPS) is 11.3. The molecular weight excluding hydrogens is 506 g/mol. The lowest BCUT2D eigenvalue weighted by Crippen LogP contribution is -2.22. The van der Waals surface area contributed by atoms with Gasteiger partial charge in [0.05, 0.1) is 40.8 Å². The average molecular weight is 530 g/mol. The number of benzene rings is 3. The summed E-state index contributed by atoms with van der Waals surface area (Å²) in [5, 5.41) is 6.81. The number of amides is 1. The van der Waals surface area contributed by atoms with Crippen LogP contribution in [0.25, 0.3) is 21.9 Å². The van der Waals surface area contributed by atoms with Gasteiger partial charge in [0.2, 0.25) is 5.91 Å². The smallest absolute Gasteiger partial charge is 0.263 e. The number of anilines is 4. The van der Waals surface area contributed by atoms with Crippen molar-refractivity contribution in [3.63, 3.8) is 0 Å². The molecule has 0 saturated heterocycles. The molecule has 5 rings (SSSR count). The number of pyridine rings is 1. The van der Waals surface area contributed by atoms with Gasteiger partial charge in [-0.25, -0.2) is 18.4 Å². The van der Waals surface area contributed by atoms with Crippen LogP contribution in [0.15, 0.2) is 83.9 Å². The molecule has 0 atom stereocenters. The lowest BCUT2D eigenvalue weighted by atomic mass is 10.1. The van der Waals surface area contributed by atoms with Gasteiger partial charge in [-0.05, 0) is 42.5 Å². The molecule has 1 amide bonds. The van der Waals surface area contributed by atoms with Crippen molar-refractivity contribution in [2.45, 2.75) is 4.90 Å². The van der Waals surface area contributed by atoms with Crippen molar-refractivity contribution >= 4 is 60.9 Å². The van der Waals surface area contributed by atoms with Gasteiger partial charge in [0.1, 0.15) is 5.75 Å². The van der Waals surface area contributed by atoms with Gasteiger partial charge in [0.15, 0.2) is 11.6 Å². The fraction of sp³-hybridized carbons (Fsp3) is 0.0769. The molecule has 0 unspecified atom stereocenters. The number of aromatic nitrogens is 3. The van der Waals surface area contributed by atoms with E-state index in [4.69, 9.17) is 10.5 Å². The Balaban J connectivity index is 1.57. The first-order valence-electron chi connectivity index (χ1n) is 11.4. The largest absolute Gasteiger partial charge is 0.497 e. The highest BCUT2D eigenvalue weighted by Gasteiger charge is 2.20. The first-order chi connectivity index (χ1) is 18.3. The molecule has 0 bridgehead atoms. The summed E-state index contributed by atoms with van der Waals surface area (Å²) in [5.74, 6) is 0.184. The standard InChI is InChI=1S/C26H23N7O4S/c1-37-18-12-16-6-5-11-28-24(16)22(14-18)32-25-26(31-21-10-3-2-9-20(21)30-25)33-38(35,36)19-8-4-7-17(13-19)29-15-23(27)34/h2-14,29H,15H2,1H3,(H2,27,34)(H,30,32)(H,31,33). The summed E-state index contributed by atoms with van der Waals surface area (Å²) in [4.78, 5) is 24.7. The van der Waals surface area contributed by atoms with Crippen molar-refractivity contribution in [2.24, 2.45) is 5.73 Å². The number of carbonyl (C=O) groups is 1. The van der Waals surface area contributed by atoms with E-state index in [0.29, 0.717) is 33.7 Å². The number of para-hydroxylation sites is 2. The third-order valence-electron chi connectivity index (χ3n) is 5.58. The van der Waals surface area contributed by atoms with Crippen LogP contribution in [-0.4, -0.2) is 42.9 Å². The predicted molar refractivity (Wildman–Crippen MR) is 146 cm³/mol. The van der Waals surface area contributed by atoms with Crippen LogP contribution in [0.1, 0.15) is 0 Å². The summed E-state index contributed by atoms with van der Waals surface area (Å²) in [6.45, 7) is -0.135. The van der Waals surface area contributed by atoms with E-state index in [0.717, 1.165) is 5.39 Å². The zero-order valence-corrected chi connectivity index (χ0v) is 21.0. The summed E-state index contributed by atoms with van der Waals surface area (Å²) in [7, 11) is -2.54. The van der Waals surface area contributed by atoms with Crippen LogP contribution in [0.4, 0.5) is 23.0 Å². The summed E-state index contributed by atoms with van der Waals surface area (Å²) in [6, 6.07) is 20.4. The monoisotopic (exact) mass is 529 g/mol. The molecule has 0 aliphatic heterocycles. The van der Waals surface area contributed by atoms with Gasteiger partial charge < -0.3 is 21.1 Å². The van der Waals surface area contributed by atoms with E-state index in [-0.39, 0.29) is 23.1 Å². The molecule has 5 aromatic rings. The highest BCUT2D eigenvalue weighted by molar-refractivity contribution is 7.92. The molecule has 0 spiro atoms. The van der Waals surface area contributed by atoms with Crippen LogP contribution in [0.2, 0.25) is 0 Å². The highest BCUT2D eigenvalue weighted by Crippen LogP contribution is 2.33. The molecule has 2 aromatic heterocycles. The van der Waals surface area contributed by atoms with E-state index in [9.17, 15) is 13.2 Å². The number of carbonyl (C=O) groups excluding carboxylic acids is 1. The summed E-state index contributed by atoms with van der Waals surface area (Å²) in [6.07, 6.45) is 1.66. The van der Waals surface area contributed by atoms with Gasteiger partial charge in [-0.2, -0.15) is 0 Å². The number of sulfonamides is 1. The van der Waals surface area contributed by atoms with E-state index in [1.165, 1.54) is 12.1 Å². The Morgan fingerprint density at radius 2 is 1.71 bits per heavy atom. The van der Waals surface area contributed by atoms with Crippen LogP contribution >= 0.6 is 0 Å². The minimum absolute atomic E-state index is 0.00824. The molecule has 0 aliphatic carbocycles. The molecule has 2 heterocycles. The van der Waals surface area contributed by atoms with E-state index >= 15 is 0 Å². The van der Waals surface area contributed by atoms with Gasteiger partial charge in [-0.1, -0.05) is 24.3 Å². The minimum atomic E-state index is -4.10. The quantitative estimate of drug-likeness (QED) is 0.223. The number of primary amides is 1. The number of nitrogens with zero attached hydrogens (tertiary/aromatic N) is 3. The van der Waals surface area contributed by atoms with Crippen molar-refractivity contribution in [3.05, 3.63) is 79.0 Å². The Morgan fingerprint density at radius 3 is 2.45 bits per heavy atom. The highest BCUT2D eigenvalue weighted by atomic mass is 32.2. The Bertz CT molecular complexity index is 1780. The fourth-order valence-electron chi connectivity index (χ4n) is 3.81. The maximum absolute atomic E-state index is 13.4. The molecule has 11 nitrogen and oxygen atoms in total. The number of hydrogen-bond acceptors (Lipinski definition) is 9. The van der Waals surface area contributed by atoms with Crippen LogP contribution in [-0.2, 0) is 14.8 Å². The van der Waals surface area contributed by atoms with E-state index in [1.54, 1.807) is 49.7 Å². The molecule has 3 aromatic carbocycles. The summed E-state index contributed by atoms with van der Waals surface area (Å²) < 4.78 is 34.8. The van der Waals surface area contributed by atoms with Crippen LogP contribution in [0, 0.1) is 0 Å². The van der Waals surface area contributed by atoms with E-state index < -0.39 is 15.9 Å². The third-order valence-corrected chi connectivity index (χ3v) is 6.92. The Kier molecular flexibility index (Phi) is 6.62. The topological polar surface area (TPSA) is 161 Å². The molecule has 38 heavy (non-hydrogen) atoms. The Labute approximate surface area is 218 Å². The van der Waals surface area contributed by atoms with Gasteiger partial charge in [-0.15, -0.1) is 0 Å². The molecule has 0 fully saturated rings. The van der Waals surface area contributed by atoms with Gasteiger partial charge in [-0.3, -0.25) is 14.5 Å².